The number of aryl methyl sites for hydroxylation is 1. The van der Waals surface area contributed by atoms with Gasteiger partial charge in [0.25, 0.3) is 10.0 Å². The molecule has 0 heterocycles. The van der Waals surface area contributed by atoms with Crippen molar-refractivity contribution >= 4 is 37.5 Å². The summed E-state index contributed by atoms with van der Waals surface area (Å²) in [5, 5.41) is 2.92. The summed E-state index contributed by atoms with van der Waals surface area (Å²) in [6.07, 6.45) is 0.944. The summed E-state index contributed by atoms with van der Waals surface area (Å²) in [4.78, 5) is 13.0. The average molecular weight is 501 g/mol. The van der Waals surface area contributed by atoms with E-state index >= 15 is 0 Å². The Morgan fingerprint density at radius 1 is 1.00 bits per heavy atom. The number of hydrogen-bond donors (Lipinski definition) is 1. The second kappa shape index (κ2) is 10.1. The minimum absolute atomic E-state index is 0.131. The van der Waals surface area contributed by atoms with Gasteiger partial charge in [0.2, 0.25) is 5.91 Å². The molecule has 0 saturated heterocycles. The molecule has 1 N–H and O–H groups in total. The van der Waals surface area contributed by atoms with Gasteiger partial charge >= 0.3 is 0 Å². The van der Waals surface area contributed by atoms with E-state index in [9.17, 15) is 13.2 Å². The van der Waals surface area contributed by atoms with Crippen LogP contribution in [-0.2, 0) is 21.2 Å². The lowest BCUT2D eigenvalue weighted by Gasteiger charge is -2.25. The summed E-state index contributed by atoms with van der Waals surface area (Å²) in [7, 11) is -3.92. The van der Waals surface area contributed by atoms with Gasteiger partial charge in [-0.05, 0) is 54.8 Å². The molecule has 162 valence electrons. The number of benzene rings is 3. The number of nitrogens with zero attached hydrogens (tertiary/aromatic N) is 1. The predicted molar refractivity (Wildman–Crippen MR) is 127 cm³/mol. The highest BCUT2D eigenvalue weighted by Gasteiger charge is 2.27. The van der Waals surface area contributed by atoms with E-state index in [4.69, 9.17) is 0 Å². The van der Waals surface area contributed by atoms with E-state index in [1.54, 1.807) is 42.5 Å². The van der Waals surface area contributed by atoms with Crippen LogP contribution in [0.3, 0.4) is 0 Å². The number of sulfonamides is 1. The molecule has 0 bridgehead atoms. The zero-order chi connectivity index (χ0) is 22.4. The van der Waals surface area contributed by atoms with Crippen LogP contribution in [0.5, 0.6) is 0 Å². The van der Waals surface area contributed by atoms with Crippen molar-refractivity contribution in [1.82, 2.24) is 5.32 Å². The van der Waals surface area contributed by atoms with Gasteiger partial charge in [-0.3, -0.25) is 9.10 Å². The summed E-state index contributed by atoms with van der Waals surface area (Å²) in [6, 6.07) is 22.8. The van der Waals surface area contributed by atoms with Crippen molar-refractivity contribution in [2.45, 2.75) is 31.2 Å². The normalized spacial score (nSPS) is 12.2. The predicted octanol–water partition coefficient (Wildman–Crippen LogP) is 5.08. The summed E-state index contributed by atoms with van der Waals surface area (Å²) in [6.45, 7) is 3.64. The molecule has 0 aliphatic carbocycles. The molecule has 0 aromatic heterocycles. The van der Waals surface area contributed by atoms with E-state index < -0.39 is 10.0 Å². The van der Waals surface area contributed by atoms with Crippen LogP contribution in [0.4, 0.5) is 5.69 Å². The first-order valence-electron chi connectivity index (χ1n) is 10.0. The molecule has 0 unspecified atom stereocenters. The van der Waals surface area contributed by atoms with Crippen molar-refractivity contribution in [3.63, 3.8) is 0 Å². The SMILES string of the molecule is CCc1ccc([C@H](C)NC(=O)CN(c2cccc(Br)c2)S(=O)(=O)c2ccccc2)cc1. The standard InChI is InChI=1S/C24H25BrN2O3S/c1-3-19-12-14-20(15-13-19)18(2)26-24(28)17-27(22-9-7-8-21(25)16-22)31(29,30)23-10-5-4-6-11-23/h4-16,18H,3,17H2,1-2H3,(H,26,28)/t18-/m0/s1. The molecule has 0 radical (unpaired) electrons. The highest BCUT2D eigenvalue weighted by atomic mass is 79.9. The highest BCUT2D eigenvalue weighted by Crippen LogP contribution is 2.26. The lowest BCUT2D eigenvalue weighted by atomic mass is 10.1. The van der Waals surface area contributed by atoms with Crippen molar-refractivity contribution in [2.75, 3.05) is 10.8 Å². The molecule has 0 saturated carbocycles. The van der Waals surface area contributed by atoms with Crippen molar-refractivity contribution in [1.29, 1.82) is 0 Å². The molecule has 5 nitrogen and oxygen atoms in total. The van der Waals surface area contributed by atoms with Gasteiger partial charge in [0.15, 0.2) is 0 Å². The Hall–Kier alpha value is -2.64. The smallest absolute Gasteiger partial charge is 0.264 e. The molecule has 0 aliphatic heterocycles. The van der Waals surface area contributed by atoms with Crippen LogP contribution in [0.15, 0.2) is 88.2 Å². The van der Waals surface area contributed by atoms with E-state index in [0.29, 0.717) is 5.69 Å². The minimum Gasteiger partial charge on any atom is -0.348 e. The third-order valence-corrected chi connectivity index (χ3v) is 7.26. The Balaban J connectivity index is 1.85. The van der Waals surface area contributed by atoms with Crippen molar-refractivity contribution in [3.8, 4) is 0 Å². The lowest BCUT2D eigenvalue weighted by Crippen LogP contribution is -2.41. The molecule has 3 rings (SSSR count). The van der Waals surface area contributed by atoms with Crippen LogP contribution in [0.1, 0.15) is 31.0 Å². The van der Waals surface area contributed by atoms with E-state index in [0.717, 1.165) is 20.8 Å². The number of nitrogens with one attached hydrogen (secondary N) is 1. The van der Waals surface area contributed by atoms with E-state index in [1.165, 1.54) is 17.7 Å². The number of carbonyl (C=O) groups is 1. The summed E-state index contributed by atoms with van der Waals surface area (Å²) < 4.78 is 28.5. The molecule has 3 aromatic rings. The van der Waals surface area contributed by atoms with Gasteiger partial charge in [0.05, 0.1) is 16.6 Å². The molecule has 0 aliphatic rings. The maximum Gasteiger partial charge on any atom is 0.264 e. The number of amides is 1. The fourth-order valence-corrected chi connectivity index (χ4v) is 5.03. The quantitative estimate of drug-likeness (QED) is 0.468. The number of hydrogen-bond acceptors (Lipinski definition) is 3. The van der Waals surface area contributed by atoms with Gasteiger partial charge in [-0.25, -0.2) is 8.42 Å². The van der Waals surface area contributed by atoms with E-state index in [-0.39, 0.29) is 23.4 Å². The minimum atomic E-state index is -3.92. The number of carbonyl (C=O) groups excluding carboxylic acids is 1. The first-order valence-corrected chi connectivity index (χ1v) is 12.3. The van der Waals surface area contributed by atoms with E-state index in [2.05, 4.69) is 28.2 Å². The first kappa shape index (κ1) is 23.0. The molecule has 3 aromatic carbocycles. The zero-order valence-electron chi connectivity index (χ0n) is 17.5. The third kappa shape index (κ3) is 5.74. The Bertz CT molecular complexity index is 1130. The molecular formula is C24H25BrN2O3S. The molecule has 31 heavy (non-hydrogen) atoms. The Labute approximate surface area is 192 Å². The third-order valence-electron chi connectivity index (χ3n) is 4.98. The maximum atomic E-state index is 13.3. The van der Waals surface area contributed by atoms with Gasteiger partial charge in [0.1, 0.15) is 6.54 Å². The van der Waals surface area contributed by atoms with Gasteiger partial charge in [-0.1, -0.05) is 71.4 Å². The molecular weight excluding hydrogens is 476 g/mol. The number of halogens is 1. The average Bonchev–Trinajstić information content (AvgIpc) is 2.78. The summed E-state index contributed by atoms with van der Waals surface area (Å²) in [5.41, 5.74) is 2.59. The Kier molecular flexibility index (Phi) is 7.51. The fourth-order valence-electron chi connectivity index (χ4n) is 3.21. The largest absolute Gasteiger partial charge is 0.348 e. The first-order chi connectivity index (χ1) is 14.8. The van der Waals surface area contributed by atoms with Crippen LogP contribution in [0.25, 0.3) is 0 Å². The van der Waals surface area contributed by atoms with Gasteiger partial charge < -0.3 is 5.32 Å². The van der Waals surface area contributed by atoms with Crippen LogP contribution < -0.4 is 9.62 Å². The number of anilines is 1. The molecule has 7 heteroatoms. The van der Waals surface area contributed by atoms with Crippen molar-refractivity contribution in [2.24, 2.45) is 0 Å². The van der Waals surface area contributed by atoms with Gasteiger partial charge in [-0.15, -0.1) is 0 Å². The maximum absolute atomic E-state index is 13.3. The van der Waals surface area contributed by atoms with Crippen molar-refractivity contribution < 1.29 is 13.2 Å². The molecule has 0 fully saturated rings. The highest BCUT2D eigenvalue weighted by molar-refractivity contribution is 9.10. The van der Waals surface area contributed by atoms with Gasteiger partial charge in [-0.2, -0.15) is 0 Å². The molecule has 1 amide bonds. The van der Waals surface area contributed by atoms with Crippen LogP contribution in [-0.4, -0.2) is 20.9 Å². The molecule has 1 atom stereocenters. The van der Waals surface area contributed by atoms with Crippen LogP contribution in [0, 0.1) is 0 Å². The fraction of sp³-hybridized carbons (Fsp3) is 0.208. The zero-order valence-corrected chi connectivity index (χ0v) is 19.9. The van der Waals surface area contributed by atoms with Crippen LogP contribution in [0.2, 0.25) is 0 Å². The van der Waals surface area contributed by atoms with Crippen LogP contribution >= 0.6 is 15.9 Å². The monoisotopic (exact) mass is 500 g/mol. The van der Waals surface area contributed by atoms with E-state index in [1.807, 2.05) is 31.2 Å². The Morgan fingerprint density at radius 2 is 1.68 bits per heavy atom. The summed E-state index contributed by atoms with van der Waals surface area (Å²) >= 11 is 3.38. The second-order valence-electron chi connectivity index (χ2n) is 7.19. The van der Waals surface area contributed by atoms with Gasteiger partial charge in [0, 0.05) is 4.47 Å². The second-order valence-corrected chi connectivity index (χ2v) is 9.97. The summed E-state index contributed by atoms with van der Waals surface area (Å²) in [5.74, 6) is -0.383. The number of rotatable bonds is 8. The Morgan fingerprint density at radius 3 is 2.29 bits per heavy atom. The van der Waals surface area contributed by atoms with Crippen molar-refractivity contribution in [3.05, 3.63) is 94.5 Å². The topological polar surface area (TPSA) is 66.5 Å². The molecule has 0 spiro atoms. The lowest BCUT2D eigenvalue weighted by molar-refractivity contribution is -0.120.